The van der Waals surface area contributed by atoms with Crippen molar-refractivity contribution < 1.29 is 19.1 Å². The summed E-state index contributed by atoms with van der Waals surface area (Å²) in [7, 11) is 2.08. The lowest BCUT2D eigenvalue weighted by molar-refractivity contribution is -0.138. The van der Waals surface area contributed by atoms with E-state index in [0.717, 1.165) is 31.9 Å². The lowest BCUT2D eigenvalue weighted by Gasteiger charge is -2.35. The van der Waals surface area contributed by atoms with E-state index >= 15 is 0 Å². The molecule has 11 nitrogen and oxygen atoms in total. The molecular formula is C24H33N7O4. The number of piperazine rings is 1. The number of rotatable bonds is 7. The second-order valence-corrected chi connectivity index (χ2v) is 10.1. The highest BCUT2D eigenvalue weighted by molar-refractivity contribution is 5.99. The van der Waals surface area contributed by atoms with E-state index < -0.39 is 30.0 Å². The number of fused-ring (bicyclic) bond motifs is 1. The maximum absolute atomic E-state index is 14.0. The minimum atomic E-state index is -0.787. The third-order valence-electron chi connectivity index (χ3n) is 7.19. The second-order valence-electron chi connectivity index (χ2n) is 10.1. The maximum atomic E-state index is 14.0. The number of nitrogens with two attached hydrogens (primary N) is 1. The van der Waals surface area contributed by atoms with Crippen molar-refractivity contribution in [3.8, 4) is 0 Å². The van der Waals surface area contributed by atoms with Crippen LogP contribution in [-0.2, 0) is 14.3 Å². The number of likely N-dealkylation sites (N-methyl/N-ethyl adjacent to an activating group) is 1. The molecule has 3 saturated heterocycles. The van der Waals surface area contributed by atoms with Crippen LogP contribution in [0.25, 0.3) is 10.4 Å². The zero-order valence-electron chi connectivity index (χ0n) is 20.5. The minimum Gasteiger partial charge on any atom is -0.369 e. The summed E-state index contributed by atoms with van der Waals surface area (Å²) in [5.41, 5.74) is 16.5. The van der Waals surface area contributed by atoms with Crippen molar-refractivity contribution in [1.29, 1.82) is 0 Å². The molecule has 0 radical (unpaired) electrons. The van der Waals surface area contributed by atoms with E-state index in [1.54, 1.807) is 6.07 Å². The van der Waals surface area contributed by atoms with Crippen LogP contribution in [0.15, 0.2) is 23.3 Å². The van der Waals surface area contributed by atoms with Gasteiger partial charge in [0.05, 0.1) is 18.1 Å². The van der Waals surface area contributed by atoms with Gasteiger partial charge in [-0.15, -0.1) is 0 Å². The van der Waals surface area contributed by atoms with E-state index in [1.165, 1.54) is 4.90 Å². The Morgan fingerprint density at radius 3 is 2.60 bits per heavy atom. The Labute approximate surface area is 204 Å². The standard InChI is InChI=1S/C24H33N7O4/c1-14(2)10-18(24(34)31-12-19(27-28-26)22-21(31)20(32)13-35-22)17-11-15(4-5-16(17)23(25)33)30-8-6-29(3)7-9-30/h4-5,11,14,18-19,21-22H,6-10,12-13H2,1-3H3,(H2,25,33)/t18-,19-,21+,22+/m0/s1. The SMILES string of the molecule is CC(C)C[C@H](C(=O)N1C[C@H](N=[N+]=[N-])[C@H]2OCC(=O)[C@H]21)c1cc(N2CCN(C)CC2)ccc1C(N)=O. The normalized spacial score (nSPS) is 25.5. The summed E-state index contributed by atoms with van der Waals surface area (Å²) in [5, 5.41) is 3.78. The summed E-state index contributed by atoms with van der Waals surface area (Å²) < 4.78 is 5.58. The van der Waals surface area contributed by atoms with E-state index in [0.29, 0.717) is 17.5 Å². The Morgan fingerprint density at radius 2 is 1.97 bits per heavy atom. The van der Waals surface area contributed by atoms with Gasteiger partial charge in [-0.3, -0.25) is 14.4 Å². The molecular weight excluding hydrogens is 450 g/mol. The van der Waals surface area contributed by atoms with Gasteiger partial charge in [-0.05, 0) is 48.7 Å². The third-order valence-corrected chi connectivity index (χ3v) is 7.19. The molecule has 0 aromatic heterocycles. The number of nitrogens with zero attached hydrogens (tertiary/aromatic N) is 6. The van der Waals surface area contributed by atoms with Crippen molar-refractivity contribution in [3.63, 3.8) is 0 Å². The fraction of sp³-hybridized carbons (Fsp3) is 0.625. The molecule has 0 saturated carbocycles. The first-order chi connectivity index (χ1) is 16.7. The number of amides is 2. The summed E-state index contributed by atoms with van der Waals surface area (Å²) in [5.74, 6) is -1.62. The molecule has 1 aromatic rings. The number of primary amides is 1. The van der Waals surface area contributed by atoms with Crippen molar-refractivity contribution in [2.45, 2.75) is 44.4 Å². The highest BCUT2D eigenvalue weighted by Crippen LogP contribution is 2.37. The molecule has 3 fully saturated rings. The number of hydrogen-bond acceptors (Lipinski definition) is 7. The molecule has 3 aliphatic rings. The number of benzene rings is 1. The van der Waals surface area contributed by atoms with Crippen LogP contribution in [0, 0.1) is 5.92 Å². The summed E-state index contributed by atoms with van der Waals surface area (Å²) in [6, 6.07) is 4.06. The fourth-order valence-electron chi connectivity index (χ4n) is 5.38. The monoisotopic (exact) mass is 483 g/mol. The number of hydrogen-bond donors (Lipinski definition) is 1. The molecule has 11 heteroatoms. The van der Waals surface area contributed by atoms with Crippen LogP contribution in [0.5, 0.6) is 0 Å². The Kier molecular flexibility index (Phi) is 7.30. The van der Waals surface area contributed by atoms with Crippen LogP contribution >= 0.6 is 0 Å². The molecule has 188 valence electrons. The van der Waals surface area contributed by atoms with Crippen LogP contribution in [-0.4, -0.2) is 92.0 Å². The first kappa shape index (κ1) is 25.0. The lowest BCUT2D eigenvalue weighted by Crippen LogP contribution is -2.45. The van der Waals surface area contributed by atoms with Crippen molar-refractivity contribution in [2.75, 3.05) is 51.3 Å². The Hall–Kier alpha value is -3.14. The van der Waals surface area contributed by atoms with Gasteiger partial charge in [0.2, 0.25) is 11.8 Å². The van der Waals surface area contributed by atoms with Gasteiger partial charge < -0.3 is 25.2 Å². The number of carbonyl (C=O) groups excluding carboxylic acids is 3. The number of anilines is 1. The first-order valence-corrected chi connectivity index (χ1v) is 12.1. The van der Waals surface area contributed by atoms with Crippen LogP contribution < -0.4 is 10.6 Å². The predicted molar refractivity (Wildman–Crippen MR) is 130 cm³/mol. The summed E-state index contributed by atoms with van der Waals surface area (Å²) in [4.78, 5) is 47.9. The summed E-state index contributed by atoms with van der Waals surface area (Å²) >= 11 is 0. The average molecular weight is 484 g/mol. The summed E-state index contributed by atoms with van der Waals surface area (Å²) in [6.07, 6.45) is -0.171. The van der Waals surface area contributed by atoms with Gasteiger partial charge in [0.25, 0.3) is 0 Å². The fourth-order valence-corrected chi connectivity index (χ4v) is 5.38. The Balaban J connectivity index is 1.72. The zero-order valence-corrected chi connectivity index (χ0v) is 20.5. The van der Waals surface area contributed by atoms with Crippen molar-refractivity contribution in [3.05, 3.63) is 39.8 Å². The van der Waals surface area contributed by atoms with Gasteiger partial charge in [-0.2, -0.15) is 0 Å². The number of azide groups is 1. The minimum absolute atomic E-state index is 0.0998. The van der Waals surface area contributed by atoms with E-state index in [2.05, 4.69) is 26.9 Å². The molecule has 1 aromatic carbocycles. The van der Waals surface area contributed by atoms with Crippen LogP contribution in [0.1, 0.15) is 42.1 Å². The number of ketones is 1. The number of ether oxygens (including phenoxy) is 1. The number of Topliss-reactive ketones (excluding diaryl/α,β-unsaturated/α-hetero) is 1. The lowest BCUT2D eigenvalue weighted by atomic mass is 9.85. The van der Waals surface area contributed by atoms with Crippen LogP contribution in [0.4, 0.5) is 5.69 Å². The Bertz CT molecular complexity index is 1050. The van der Waals surface area contributed by atoms with Gasteiger partial charge in [0.15, 0.2) is 5.78 Å². The molecule has 2 amide bonds. The molecule has 0 aliphatic carbocycles. The number of carbonyl (C=O) groups is 3. The van der Waals surface area contributed by atoms with Crippen LogP contribution in [0.3, 0.4) is 0 Å². The molecule has 3 aliphatic heterocycles. The van der Waals surface area contributed by atoms with Crippen molar-refractivity contribution in [2.24, 2.45) is 16.8 Å². The highest BCUT2D eigenvalue weighted by Gasteiger charge is 2.53. The second kappa shape index (κ2) is 10.2. The number of likely N-dealkylation sites (tertiary alicyclic amines) is 1. The van der Waals surface area contributed by atoms with E-state index in [-0.39, 0.29) is 30.8 Å². The smallest absolute Gasteiger partial charge is 0.249 e. The largest absolute Gasteiger partial charge is 0.369 e. The molecule has 0 bridgehead atoms. The molecule has 4 rings (SSSR count). The van der Waals surface area contributed by atoms with Gasteiger partial charge in [-0.1, -0.05) is 19.0 Å². The maximum Gasteiger partial charge on any atom is 0.249 e. The van der Waals surface area contributed by atoms with Crippen molar-refractivity contribution >= 4 is 23.3 Å². The van der Waals surface area contributed by atoms with Crippen LogP contribution in [0.2, 0.25) is 0 Å². The van der Waals surface area contributed by atoms with Crippen molar-refractivity contribution in [1.82, 2.24) is 9.80 Å². The van der Waals surface area contributed by atoms with Gasteiger partial charge in [-0.25, -0.2) is 0 Å². The van der Waals surface area contributed by atoms with E-state index in [1.807, 2.05) is 26.0 Å². The van der Waals surface area contributed by atoms with Gasteiger partial charge in [0, 0.05) is 48.9 Å². The zero-order chi connectivity index (χ0) is 25.3. The van der Waals surface area contributed by atoms with E-state index in [4.69, 9.17) is 16.0 Å². The highest BCUT2D eigenvalue weighted by atomic mass is 16.5. The molecule has 0 spiro atoms. The topological polar surface area (TPSA) is 145 Å². The summed E-state index contributed by atoms with van der Waals surface area (Å²) in [6.45, 7) is 7.51. The quantitative estimate of drug-likeness (QED) is 0.354. The Morgan fingerprint density at radius 1 is 1.26 bits per heavy atom. The molecule has 4 atom stereocenters. The predicted octanol–water partition coefficient (Wildman–Crippen LogP) is 1.52. The molecule has 2 N–H and O–H groups in total. The first-order valence-electron chi connectivity index (χ1n) is 12.1. The third kappa shape index (κ3) is 4.98. The average Bonchev–Trinajstić information content (AvgIpc) is 3.38. The molecule has 35 heavy (non-hydrogen) atoms. The van der Waals surface area contributed by atoms with Gasteiger partial charge >= 0.3 is 0 Å². The van der Waals surface area contributed by atoms with Gasteiger partial charge in [0.1, 0.15) is 12.6 Å². The molecule has 0 unspecified atom stereocenters. The molecule has 3 heterocycles. The van der Waals surface area contributed by atoms with E-state index in [9.17, 15) is 14.4 Å².